The van der Waals surface area contributed by atoms with Crippen LogP contribution in [0.4, 0.5) is 0 Å². The van der Waals surface area contributed by atoms with Crippen molar-refractivity contribution in [3.05, 3.63) is 0 Å². The van der Waals surface area contributed by atoms with E-state index in [1.807, 2.05) is 0 Å². The highest BCUT2D eigenvalue weighted by Crippen LogP contribution is 2.60. The third-order valence-electron chi connectivity index (χ3n) is 4.80. The number of fused-ring (bicyclic) bond motifs is 1. The van der Waals surface area contributed by atoms with Gasteiger partial charge in [-0.05, 0) is 32.1 Å². The van der Waals surface area contributed by atoms with Crippen LogP contribution in [0.5, 0.6) is 0 Å². The van der Waals surface area contributed by atoms with Crippen LogP contribution in [0.2, 0.25) is 0 Å². The quantitative estimate of drug-likeness (QED) is 0.532. The Bertz CT molecular complexity index is 414. The highest BCUT2D eigenvalue weighted by molar-refractivity contribution is 6.13. The molecule has 4 atom stereocenters. The lowest BCUT2D eigenvalue weighted by Gasteiger charge is -2.45. The van der Waals surface area contributed by atoms with Crippen molar-refractivity contribution in [1.82, 2.24) is 0 Å². The first-order valence-corrected chi connectivity index (χ1v) is 6.35. The standard InChI is InChI=1S/C13H16O4/c1-2-17-12(16)13-6-10(14)8-5-7(11(13)15)3-4-9(8)13/h7-9H,2-6H2,1H3/t7-,8-,9+,13-/m1/s1. The first-order chi connectivity index (χ1) is 8.11. The molecule has 4 saturated carbocycles. The van der Waals surface area contributed by atoms with Gasteiger partial charge in [0.2, 0.25) is 0 Å². The number of esters is 1. The van der Waals surface area contributed by atoms with Crippen LogP contribution in [0, 0.1) is 23.2 Å². The fraction of sp³-hybridized carbons (Fsp3) is 0.769. The molecule has 0 aromatic rings. The summed E-state index contributed by atoms with van der Waals surface area (Å²) in [5.41, 5.74) is -1.10. The minimum absolute atomic E-state index is 0.0192. The molecule has 0 unspecified atom stereocenters. The van der Waals surface area contributed by atoms with E-state index in [1.54, 1.807) is 6.92 Å². The van der Waals surface area contributed by atoms with Gasteiger partial charge in [-0.1, -0.05) is 0 Å². The first-order valence-electron chi connectivity index (χ1n) is 6.35. The summed E-state index contributed by atoms with van der Waals surface area (Å²) in [6, 6.07) is 0. The molecule has 17 heavy (non-hydrogen) atoms. The highest BCUT2D eigenvalue weighted by atomic mass is 16.5. The SMILES string of the molecule is CCOC(=O)[C@]12CC(=O)[C@@H]3C[C@@H](CC[C@@H]31)C2=O. The molecule has 4 rings (SSSR count). The van der Waals surface area contributed by atoms with Gasteiger partial charge >= 0.3 is 5.97 Å². The highest BCUT2D eigenvalue weighted by Gasteiger charge is 2.69. The van der Waals surface area contributed by atoms with E-state index in [0.717, 1.165) is 12.8 Å². The van der Waals surface area contributed by atoms with Crippen LogP contribution in [0.15, 0.2) is 0 Å². The van der Waals surface area contributed by atoms with Crippen molar-refractivity contribution < 1.29 is 19.1 Å². The van der Waals surface area contributed by atoms with Crippen molar-refractivity contribution in [3.8, 4) is 0 Å². The van der Waals surface area contributed by atoms with E-state index in [1.165, 1.54) is 0 Å². The second kappa shape index (κ2) is 3.40. The fourth-order valence-corrected chi connectivity index (χ4v) is 4.11. The molecule has 4 heteroatoms. The topological polar surface area (TPSA) is 60.4 Å². The molecule has 0 aromatic heterocycles. The number of ketones is 2. The Balaban J connectivity index is 2.05. The van der Waals surface area contributed by atoms with Gasteiger partial charge in [-0.2, -0.15) is 0 Å². The minimum Gasteiger partial charge on any atom is -0.465 e. The number of Topliss-reactive ketones (excluding diaryl/α,β-unsaturated/α-hetero) is 2. The molecule has 0 heterocycles. The van der Waals surface area contributed by atoms with E-state index in [0.29, 0.717) is 6.42 Å². The van der Waals surface area contributed by atoms with Gasteiger partial charge < -0.3 is 4.74 Å². The van der Waals surface area contributed by atoms with E-state index in [9.17, 15) is 14.4 Å². The van der Waals surface area contributed by atoms with Gasteiger partial charge in [0.1, 0.15) is 11.2 Å². The van der Waals surface area contributed by atoms with Gasteiger partial charge in [-0.15, -0.1) is 0 Å². The van der Waals surface area contributed by atoms with Crippen LogP contribution >= 0.6 is 0 Å². The maximum Gasteiger partial charge on any atom is 0.320 e. The molecule has 4 aliphatic carbocycles. The van der Waals surface area contributed by atoms with E-state index >= 15 is 0 Å². The molecular weight excluding hydrogens is 220 g/mol. The molecule has 4 bridgehead atoms. The van der Waals surface area contributed by atoms with Crippen molar-refractivity contribution in [1.29, 1.82) is 0 Å². The third kappa shape index (κ3) is 1.16. The van der Waals surface area contributed by atoms with Gasteiger partial charge in [0, 0.05) is 18.3 Å². The smallest absolute Gasteiger partial charge is 0.320 e. The minimum atomic E-state index is -1.10. The molecule has 4 fully saturated rings. The Morgan fingerprint density at radius 1 is 1.41 bits per heavy atom. The van der Waals surface area contributed by atoms with Crippen LogP contribution in [0.1, 0.15) is 32.6 Å². The molecule has 0 spiro atoms. The second-order valence-corrected chi connectivity index (χ2v) is 5.42. The van der Waals surface area contributed by atoms with E-state index in [4.69, 9.17) is 4.74 Å². The molecule has 0 radical (unpaired) electrons. The number of rotatable bonds is 2. The number of ether oxygens (including phenoxy) is 1. The van der Waals surface area contributed by atoms with Crippen molar-refractivity contribution in [2.24, 2.45) is 23.2 Å². The summed E-state index contributed by atoms with van der Waals surface area (Å²) in [6.07, 6.45) is 2.43. The average Bonchev–Trinajstić information content (AvgIpc) is 2.58. The van der Waals surface area contributed by atoms with Gasteiger partial charge in [-0.3, -0.25) is 14.4 Å². The molecule has 0 aliphatic heterocycles. The summed E-state index contributed by atoms with van der Waals surface area (Å²) >= 11 is 0. The maximum atomic E-state index is 12.4. The van der Waals surface area contributed by atoms with Gasteiger partial charge in [0.05, 0.1) is 6.61 Å². The molecular formula is C13H16O4. The van der Waals surface area contributed by atoms with Crippen LogP contribution in [-0.2, 0) is 19.1 Å². The van der Waals surface area contributed by atoms with Crippen molar-refractivity contribution in [2.45, 2.75) is 32.6 Å². The molecule has 4 aliphatic rings. The summed E-state index contributed by atoms with van der Waals surface area (Å²) in [5.74, 6) is -0.591. The van der Waals surface area contributed by atoms with Crippen LogP contribution in [0.25, 0.3) is 0 Å². The van der Waals surface area contributed by atoms with Crippen LogP contribution in [0.3, 0.4) is 0 Å². The number of carbonyl (C=O) groups is 3. The number of hydrogen-bond donors (Lipinski definition) is 0. The predicted octanol–water partition coefficient (Wildman–Crippen LogP) is 1.12. The van der Waals surface area contributed by atoms with Crippen molar-refractivity contribution >= 4 is 17.5 Å². The molecule has 0 saturated heterocycles. The van der Waals surface area contributed by atoms with Crippen LogP contribution < -0.4 is 0 Å². The molecule has 4 nitrogen and oxygen atoms in total. The predicted molar refractivity (Wildman–Crippen MR) is 58.0 cm³/mol. The molecule has 0 N–H and O–H groups in total. The molecule has 0 amide bonds. The van der Waals surface area contributed by atoms with Gasteiger partial charge in [0.25, 0.3) is 0 Å². The molecule has 92 valence electrons. The average molecular weight is 236 g/mol. The zero-order valence-electron chi connectivity index (χ0n) is 9.90. The normalized spacial score (nSPS) is 43.0. The van der Waals surface area contributed by atoms with E-state index in [-0.39, 0.29) is 42.3 Å². The zero-order valence-corrected chi connectivity index (χ0v) is 9.90. The van der Waals surface area contributed by atoms with E-state index in [2.05, 4.69) is 0 Å². The van der Waals surface area contributed by atoms with Gasteiger partial charge in [0.15, 0.2) is 5.78 Å². The largest absolute Gasteiger partial charge is 0.465 e. The summed E-state index contributed by atoms with van der Waals surface area (Å²) in [6.45, 7) is 2.00. The Labute approximate surface area is 99.7 Å². The zero-order chi connectivity index (χ0) is 12.2. The van der Waals surface area contributed by atoms with E-state index < -0.39 is 11.4 Å². The second-order valence-electron chi connectivity index (χ2n) is 5.42. The summed E-state index contributed by atoms with van der Waals surface area (Å²) in [5, 5.41) is 0. The summed E-state index contributed by atoms with van der Waals surface area (Å²) in [4.78, 5) is 36.4. The Morgan fingerprint density at radius 2 is 2.18 bits per heavy atom. The fourth-order valence-electron chi connectivity index (χ4n) is 4.11. The third-order valence-corrected chi connectivity index (χ3v) is 4.80. The first kappa shape index (κ1) is 10.9. The Hall–Kier alpha value is -1.19. The van der Waals surface area contributed by atoms with Crippen LogP contribution in [-0.4, -0.2) is 24.1 Å². The van der Waals surface area contributed by atoms with Crippen molar-refractivity contribution in [3.63, 3.8) is 0 Å². The van der Waals surface area contributed by atoms with Crippen molar-refractivity contribution in [2.75, 3.05) is 6.61 Å². The lowest BCUT2D eigenvalue weighted by atomic mass is 9.55. The lowest BCUT2D eigenvalue weighted by molar-refractivity contribution is -0.171. The maximum absolute atomic E-state index is 12.4. The summed E-state index contributed by atoms with van der Waals surface area (Å²) < 4.78 is 5.06. The Kier molecular flexibility index (Phi) is 2.19. The monoisotopic (exact) mass is 236 g/mol. The Morgan fingerprint density at radius 3 is 2.88 bits per heavy atom. The van der Waals surface area contributed by atoms with Gasteiger partial charge in [-0.25, -0.2) is 0 Å². The lowest BCUT2D eigenvalue weighted by Crippen LogP contribution is -2.54. The summed E-state index contributed by atoms with van der Waals surface area (Å²) in [7, 11) is 0. The molecule has 0 aromatic carbocycles. The number of carbonyl (C=O) groups excluding carboxylic acids is 3. The number of hydrogen-bond acceptors (Lipinski definition) is 4.